The van der Waals surface area contributed by atoms with E-state index in [0.29, 0.717) is 11.4 Å². The van der Waals surface area contributed by atoms with E-state index in [1.807, 2.05) is 0 Å². The van der Waals surface area contributed by atoms with Gasteiger partial charge in [-0.1, -0.05) is 11.6 Å². The first-order valence-corrected chi connectivity index (χ1v) is 7.24. The van der Waals surface area contributed by atoms with Crippen molar-refractivity contribution in [3.8, 4) is 0 Å². The Bertz CT molecular complexity index is 805. The number of halogens is 1. The molecule has 2 aromatic rings. The van der Waals surface area contributed by atoms with Crippen LogP contribution in [0.5, 0.6) is 0 Å². The predicted molar refractivity (Wildman–Crippen MR) is 93.5 cm³/mol. The smallest absolute Gasteiger partial charge is 0.323 e. The lowest BCUT2D eigenvalue weighted by Gasteiger charge is -2.19. The summed E-state index contributed by atoms with van der Waals surface area (Å²) in [5.74, 6) is -2.66. The van der Waals surface area contributed by atoms with Gasteiger partial charge in [0.25, 0.3) is 0 Å². The fourth-order valence-electron chi connectivity index (χ4n) is 1.98. The molecule has 0 saturated carbocycles. The Hall–Kier alpha value is -3.06. The standard InChI is InChI=1S/C16H15ClN4O3/c1-9(22)21(12-5-2-10(18)3-6-12)16(24)15(23)20-14-7-4-11(19)8-13(14)17/h2-8H,18-19H2,1H3,(H,20,23). The summed E-state index contributed by atoms with van der Waals surface area (Å²) in [6.07, 6.45) is 0. The zero-order valence-corrected chi connectivity index (χ0v) is 13.5. The highest BCUT2D eigenvalue weighted by molar-refractivity contribution is 6.49. The Kier molecular flexibility index (Phi) is 5.05. The third-order valence-corrected chi connectivity index (χ3v) is 3.42. The largest absolute Gasteiger partial charge is 0.399 e. The molecule has 124 valence electrons. The number of amides is 3. The highest BCUT2D eigenvalue weighted by atomic mass is 35.5. The first kappa shape index (κ1) is 17.3. The molecule has 7 nitrogen and oxygen atoms in total. The molecule has 0 aromatic heterocycles. The Labute approximate surface area is 143 Å². The summed E-state index contributed by atoms with van der Waals surface area (Å²) < 4.78 is 0. The Morgan fingerprint density at radius 2 is 1.58 bits per heavy atom. The zero-order chi connectivity index (χ0) is 17.9. The van der Waals surface area contributed by atoms with Crippen molar-refractivity contribution in [2.75, 3.05) is 21.7 Å². The molecule has 0 aliphatic carbocycles. The Morgan fingerprint density at radius 3 is 2.12 bits per heavy atom. The van der Waals surface area contributed by atoms with Gasteiger partial charge in [0.05, 0.1) is 16.4 Å². The third-order valence-electron chi connectivity index (χ3n) is 3.10. The predicted octanol–water partition coefficient (Wildman–Crippen LogP) is 2.02. The van der Waals surface area contributed by atoms with Gasteiger partial charge in [-0.3, -0.25) is 14.4 Å². The maximum atomic E-state index is 12.3. The van der Waals surface area contributed by atoms with Crippen molar-refractivity contribution < 1.29 is 14.4 Å². The minimum atomic E-state index is -1.04. The molecule has 2 aromatic carbocycles. The molecule has 0 fully saturated rings. The van der Waals surface area contributed by atoms with E-state index in [9.17, 15) is 14.4 Å². The summed E-state index contributed by atoms with van der Waals surface area (Å²) in [5, 5.41) is 2.54. The fraction of sp³-hybridized carbons (Fsp3) is 0.0625. The molecule has 0 bridgehead atoms. The van der Waals surface area contributed by atoms with Gasteiger partial charge >= 0.3 is 11.8 Å². The number of carbonyl (C=O) groups is 3. The summed E-state index contributed by atoms with van der Waals surface area (Å²) in [7, 11) is 0. The number of hydrogen-bond donors (Lipinski definition) is 3. The van der Waals surface area contributed by atoms with Crippen molar-refractivity contribution in [2.24, 2.45) is 0 Å². The summed E-state index contributed by atoms with van der Waals surface area (Å²) >= 11 is 5.95. The van der Waals surface area contributed by atoms with Crippen LogP contribution >= 0.6 is 11.6 Å². The van der Waals surface area contributed by atoms with Crippen LogP contribution in [-0.4, -0.2) is 17.7 Å². The summed E-state index contributed by atoms with van der Waals surface area (Å²) in [6.45, 7) is 1.18. The Morgan fingerprint density at radius 1 is 1.00 bits per heavy atom. The van der Waals surface area contributed by atoms with E-state index in [1.165, 1.54) is 49.4 Å². The molecule has 0 atom stereocenters. The monoisotopic (exact) mass is 346 g/mol. The number of carbonyl (C=O) groups excluding carboxylic acids is 3. The summed E-state index contributed by atoms with van der Waals surface area (Å²) in [4.78, 5) is 37.1. The molecule has 24 heavy (non-hydrogen) atoms. The molecule has 2 rings (SSSR count). The van der Waals surface area contributed by atoms with Crippen molar-refractivity contribution in [2.45, 2.75) is 6.92 Å². The average molecular weight is 347 g/mol. The lowest BCUT2D eigenvalue weighted by Crippen LogP contribution is -2.42. The molecular formula is C16H15ClN4O3. The summed E-state index contributed by atoms with van der Waals surface area (Å²) in [6, 6.07) is 10.4. The van der Waals surface area contributed by atoms with Crippen LogP contribution in [0.2, 0.25) is 5.02 Å². The zero-order valence-electron chi connectivity index (χ0n) is 12.7. The van der Waals surface area contributed by atoms with Crippen molar-refractivity contribution >= 4 is 52.1 Å². The average Bonchev–Trinajstić information content (AvgIpc) is 2.51. The molecule has 0 unspecified atom stereocenters. The minimum Gasteiger partial charge on any atom is -0.399 e. The lowest BCUT2D eigenvalue weighted by atomic mass is 10.2. The molecule has 5 N–H and O–H groups in total. The van der Waals surface area contributed by atoms with E-state index < -0.39 is 17.7 Å². The van der Waals surface area contributed by atoms with Crippen molar-refractivity contribution in [3.63, 3.8) is 0 Å². The van der Waals surface area contributed by atoms with Gasteiger partial charge < -0.3 is 16.8 Å². The van der Waals surface area contributed by atoms with Crippen LogP contribution in [0.4, 0.5) is 22.7 Å². The molecule has 0 aliphatic heterocycles. The van der Waals surface area contributed by atoms with Crippen LogP contribution in [0.3, 0.4) is 0 Å². The number of nitrogens with one attached hydrogen (secondary N) is 1. The SMILES string of the molecule is CC(=O)N(C(=O)C(=O)Nc1ccc(N)cc1Cl)c1ccc(N)cc1. The van der Waals surface area contributed by atoms with Crippen LogP contribution in [0.1, 0.15) is 6.92 Å². The van der Waals surface area contributed by atoms with Gasteiger partial charge in [0.2, 0.25) is 5.91 Å². The van der Waals surface area contributed by atoms with Crippen LogP contribution < -0.4 is 21.7 Å². The van der Waals surface area contributed by atoms with Gasteiger partial charge in [-0.2, -0.15) is 0 Å². The maximum absolute atomic E-state index is 12.3. The minimum absolute atomic E-state index is 0.179. The van der Waals surface area contributed by atoms with Crippen LogP contribution in [0.25, 0.3) is 0 Å². The topological polar surface area (TPSA) is 119 Å². The number of hydrogen-bond acceptors (Lipinski definition) is 5. The van der Waals surface area contributed by atoms with Crippen molar-refractivity contribution in [1.82, 2.24) is 0 Å². The van der Waals surface area contributed by atoms with Gasteiger partial charge in [0.1, 0.15) is 0 Å². The fourth-order valence-corrected chi connectivity index (χ4v) is 2.21. The van der Waals surface area contributed by atoms with Gasteiger partial charge in [-0.15, -0.1) is 0 Å². The van der Waals surface area contributed by atoms with E-state index in [1.54, 1.807) is 0 Å². The van der Waals surface area contributed by atoms with Crippen molar-refractivity contribution in [1.29, 1.82) is 0 Å². The van der Waals surface area contributed by atoms with E-state index in [-0.39, 0.29) is 16.4 Å². The number of nitrogens with two attached hydrogens (primary N) is 2. The molecular weight excluding hydrogens is 332 g/mol. The van der Waals surface area contributed by atoms with Crippen LogP contribution in [-0.2, 0) is 14.4 Å². The molecule has 0 saturated heterocycles. The van der Waals surface area contributed by atoms with Gasteiger partial charge in [0.15, 0.2) is 0 Å². The second-order valence-corrected chi connectivity index (χ2v) is 5.35. The number of imide groups is 1. The maximum Gasteiger partial charge on any atom is 0.323 e. The molecule has 0 spiro atoms. The highest BCUT2D eigenvalue weighted by Crippen LogP contribution is 2.24. The first-order chi connectivity index (χ1) is 11.3. The van der Waals surface area contributed by atoms with Crippen LogP contribution in [0.15, 0.2) is 42.5 Å². The van der Waals surface area contributed by atoms with E-state index in [2.05, 4.69) is 5.32 Å². The van der Waals surface area contributed by atoms with E-state index in [0.717, 1.165) is 4.90 Å². The van der Waals surface area contributed by atoms with Gasteiger partial charge in [0, 0.05) is 18.3 Å². The molecule has 0 heterocycles. The normalized spacial score (nSPS) is 10.1. The molecule has 0 radical (unpaired) electrons. The molecule has 3 amide bonds. The molecule has 8 heteroatoms. The van der Waals surface area contributed by atoms with E-state index >= 15 is 0 Å². The van der Waals surface area contributed by atoms with Gasteiger partial charge in [-0.05, 0) is 42.5 Å². The number of benzene rings is 2. The second kappa shape index (κ2) is 7.01. The number of rotatable bonds is 2. The van der Waals surface area contributed by atoms with Crippen LogP contribution in [0, 0.1) is 0 Å². The Balaban J connectivity index is 2.24. The van der Waals surface area contributed by atoms with Crippen molar-refractivity contribution in [3.05, 3.63) is 47.5 Å². The second-order valence-electron chi connectivity index (χ2n) is 4.94. The highest BCUT2D eigenvalue weighted by Gasteiger charge is 2.27. The third kappa shape index (κ3) is 3.82. The molecule has 0 aliphatic rings. The first-order valence-electron chi connectivity index (χ1n) is 6.86. The lowest BCUT2D eigenvalue weighted by molar-refractivity contribution is -0.136. The quantitative estimate of drug-likeness (QED) is 0.568. The summed E-state index contributed by atoms with van der Waals surface area (Å²) in [5.41, 5.74) is 12.5. The number of anilines is 4. The number of nitrogens with zero attached hydrogens (tertiary/aromatic N) is 1. The van der Waals surface area contributed by atoms with E-state index in [4.69, 9.17) is 23.1 Å². The van der Waals surface area contributed by atoms with Gasteiger partial charge in [-0.25, -0.2) is 4.90 Å². The number of nitrogen functional groups attached to an aromatic ring is 2.